The first-order chi connectivity index (χ1) is 6.27. The van der Waals surface area contributed by atoms with Gasteiger partial charge in [0, 0.05) is 6.54 Å². The lowest BCUT2D eigenvalue weighted by molar-refractivity contribution is -0.131. The molecule has 2 heterocycles. The zero-order valence-corrected chi connectivity index (χ0v) is 7.10. The van der Waals surface area contributed by atoms with Crippen molar-refractivity contribution in [3.63, 3.8) is 0 Å². The van der Waals surface area contributed by atoms with Crippen molar-refractivity contribution in [2.24, 2.45) is 5.92 Å². The van der Waals surface area contributed by atoms with Crippen molar-refractivity contribution in [2.45, 2.75) is 12.8 Å². The van der Waals surface area contributed by atoms with Crippen molar-refractivity contribution in [3.05, 3.63) is 11.9 Å². The van der Waals surface area contributed by atoms with E-state index < -0.39 is 0 Å². The molecule has 1 aromatic heterocycles. The van der Waals surface area contributed by atoms with E-state index in [0.29, 0.717) is 0 Å². The number of nitrogens with zero attached hydrogens (tertiary/aromatic N) is 3. The van der Waals surface area contributed by atoms with Gasteiger partial charge in [-0.15, -0.1) is 5.10 Å². The minimum atomic E-state index is 0.135. The van der Waals surface area contributed by atoms with Crippen LogP contribution >= 0.6 is 0 Å². The molecule has 0 aliphatic carbocycles. The van der Waals surface area contributed by atoms with Crippen molar-refractivity contribution in [1.82, 2.24) is 20.4 Å². The number of aryl methyl sites for hydroxylation is 1. The van der Waals surface area contributed by atoms with Gasteiger partial charge in [0.2, 0.25) is 5.91 Å². The Morgan fingerprint density at radius 3 is 3.08 bits per heavy atom. The van der Waals surface area contributed by atoms with Gasteiger partial charge in [-0.3, -0.25) is 4.79 Å². The molecule has 1 saturated heterocycles. The number of aromatic nitrogens is 3. The van der Waals surface area contributed by atoms with Crippen LogP contribution in [0.1, 0.15) is 12.1 Å². The van der Waals surface area contributed by atoms with Crippen LogP contribution in [0.5, 0.6) is 0 Å². The topological polar surface area (TPSA) is 85.8 Å². The van der Waals surface area contributed by atoms with Crippen molar-refractivity contribution in [2.75, 3.05) is 12.4 Å². The average molecular weight is 181 g/mol. The van der Waals surface area contributed by atoms with E-state index in [-0.39, 0.29) is 11.8 Å². The Morgan fingerprint density at radius 1 is 1.77 bits per heavy atom. The Bertz CT molecular complexity index is 320. The fourth-order valence-electron chi connectivity index (χ4n) is 1.33. The molecule has 1 aliphatic heterocycles. The van der Waals surface area contributed by atoms with E-state index >= 15 is 0 Å². The van der Waals surface area contributed by atoms with Gasteiger partial charge in [-0.2, -0.15) is 4.79 Å². The van der Waals surface area contributed by atoms with E-state index in [1.165, 1.54) is 4.79 Å². The van der Waals surface area contributed by atoms with Crippen LogP contribution in [-0.2, 0) is 11.2 Å². The summed E-state index contributed by atoms with van der Waals surface area (Å²) in [5.41, 5.74) is 0.861. The maximum Gasteiger partial charge on any atom is 0.224 e. The second-order valence-electron chi connectivity index (χ2n) is 3.15. The normalized spacial score (nSPS) is 20.9. The summed E-state index contributed by atoms with van der Waals surface area (Å²) in [6, 6.07) is 0. The Kier molecular flexibility index (Phi) is 1.88. The fourth-order valence-corrected chi connectivity index (χ4v) is 1.33. The lowest BCUT2D eigenvalue weighted by Gasteiger charge is -2.25. The summed E-state index contributed by atoms with van der Waals surface area (Å²) >= 11 is 0. The highest BCUT2D eigenvalue weighted by atomic mass is 16.2. The lowest BCUT2D eigenvalue weighted by Crippen LogP contribution is -2.48. The summed E-state index contributed by atoms with van der Waals surface area (Å²) in [6.07, 6.45) is 3.19. The summed E-state index contributed by atoms with van der Waals surface area (Å²) in [7, 11) is 0. The quantitative estimate of drug-likeness (QED) is 0.447. The van der Waals surface area contributed by atoms with Gasteiger partial charge < -0.3 is 11.2 Å². The van der Waals surface area contributed by atoms with Crippen molar-refractivity contribution in [1.29, 1.82) is 0 Å². The molecular weight excluding hydrogens is 170 g/mol. The number of hydrogen-bond donors (Lipinski definition) is 2. The van der Waals surface area contributed by atoms with E-state index in [0.717, 1.165) is 25.1 Å². The van der Waals surface area contributed by atoms with Crippen LogP contribution in [0.25, 0.3) is 0 Å². The minimum Gasteiger partial charge on any atom is -0.355 e. The molecular formula is C7H11N5O. The first-order valence-electron chi connectivity index (χ1n) is 4.20. The molecule has 6 heteroatoms. The fraction of sp³-hybridized carbons (Fsp3) is 0.571. The third-order valence-corrected chi connectivity index (χ3v) is 2.29. The Labute approximate surface area is 75.1 Å². The molecule has 1 aromatic rings. The largest absolute Gasteiger partial charge is 0.355 e. The number of nitrogens with two attached hydrogens (primary N) is 1. The van der Waals surface area contributed by atoms with Crippen LogP contribution in [0.2, 0.25) is 0 Å². The van der Waals surface area contributed by atoms with Crippen LogP contribution in [-0.4, -0.2) is 27.6 Å². The van der Waals surface area contributed by atoms with E-state index in [9.17, 15) is 4.79 Å². The first kappa shape index (κ1) is 8.03. The van der Waals surface area contributed by atoms with Gasteiger partial charge in [-0.1, -0.05) is 0 Å². The summed E-state index contributed by atoms with van der Waals surface area (Å²) < 4.78 is 0. The molecule has 0 saturated carbocycles. The molecule has 13 heavy (non-hydrogen) atoms. The molecule has 0 spiro atoms. The van der Waals surface area contributed by atoms with Crippen LogP contribution in [0.15, 0.2) is 6.20 Å². The van der Waals surface area contributed by atoms with E-state index in [1.54, 1.807) is 6.20 Å². The van der Waals surface area contributed by atoms with Crippen molar-refractivity contribution >= 4 is 5.91 Å². The molecule has 0 aromatic carbocycles. The maximum absolute atomic E-state index is 10.9. The monoisotopic (exact) mass is 181 g/mol. The Balaban J connectivity index is 1.86. The van der Waals surface area contributed by atoms with Gasteiger partial charge in [0.1, 0.15) is 0 Å². The van der Waals surface area contributed by atoms with Gasteiger partial charge in [0.15, 0.2) is 0 Å². The number of nitrogens with one attached hydrogen (secondary N) is 1. The summed E-state index contributed by atoms with van der Waals surface area (Å²) in [5.74, 6) is 5.75. The van der Waals surface area contributed by atoms with Crippen molar-refractivity contribution < 1.29 is 4.79 Å². The molecule has 3 N–H and O–H groups in total. The third kappa shape index (κ3) is 1.47. The zero-order chi connectivity index (χ0) is 9.26. The Morgan fingerprint density at radius 2 is 2.62 bits per heavy atom. The highest BCUT2D eigenvalue weighted by molar-refractivity contribution is 5.84. The number of carbonyl (C=O) groups excluding carboxylic acids is 1. The molecule has 1 fully saturated rings. The molecule has 0 bridgehead atoms. The predicted octanol–water partition coefficient (Wildman–Crippen LogP) is -1.33. The lowest BCUT2D eigenvalue weighted by atomic mass is 9.95. The van der Waals surface area contributed by atoms with E-state index in [1.807, 2.05) is 0 Å². The maximum atomic E-state index is 10.9. The van der Waals surface area contributed by atoms with Gasteiger partial charge in [0.05, 0.1) is 17.8 Å². The second kappa shape index (κ2) is 3.04. The summed E-state index contributed by atoms with van der Waals surface area (Å²) in [4.78, 5) is 12.1. The number of hydrogen-bond acceptors (Lipinski definition) is 4. The van der Waals surface area contributed by atoms with Gasteiger partial charge in [-0.25, -0.2) is 0 Å². The molecule has 1 unspecified atom stereocenters. The third-order valence-electron chi connectivity index (χ3n) is 2.29. The minimum absolute atomic E-state index is 0.135. The summed E-state index contributed by atoms with van der Waals surface area (Å²) in [5, 5.41) is 9.95. The zero-order valence-electron chi connectivity index (χ0n) is 7.10. The molecule has 0 radical (unpaired) electrons. The van der Waals surface area contributed by atoms with Crippen LogP contribution in [0.3, 0.4) is 0 Å². The van der Waals surface area contributed by atoms with Crippen LogP contribution in [0, 0.1) is 5.92 Å². The highest BCUT2D eigenvalue weighted by Gasteiger charge is 2.27. The van der Waals surface area contributed by atoms with Gasteiger partial charge >= 0.3 is 0 Å². The van der Waals surface area contributed by atoms with Crippen molar-refractivity contribution in [3.8, 4) is 0 Å². The van der Waals surface area contributed by atoms with Gasteiger partial charge in [-0.05, 0) is 18.1 Å². The standard InChI is InChI=1S/C7H11N5O/c8-12-6(4-10-11-12)2-1-5-3-9-7(5)13/h4-5H,1-3,8H2,(H,9,13). The Hall–Kier alpha value is -1.59. The highest BCUT2D eigenvalue weighted by Crippen LogP contribution is 2.13. The predicted molar refractivity (Wildman–Crippen MR) is 45.0 cm³/mol. The smallest absolute Gasteiger partial charge is 0.224 e. The van der Waals surface area contributed by atoms with E-state index in [2.05, 4.69) is 15.6 Å². The number of amides is 1. The van der Waals surface area contributed by atoms with Gasteiger partial charge in [0.25, 0.3) is 0 Å². The average Bonchev–Trinajstić information content (AvgIpc) is 2.50. The number of β-lactam (4-membered cyclic amide) rings is 1. The molecule has 1 atom stereocenters. The van der Waals surface area contributed by atoms with E-state index in [4.69, 9.17) is 5.84 Å². The molecule has 2 rings (SSSR count). The number of carbonyl (C=O) groups is 1. The summed E-state index contributed by atoms with van der Waals surface area (Å²) in [6.45, 7) is 0.783. The molecule has 1 amide bonds. The van der Waals surface area contributed by atoms with Crippen LogP contribution < -0.4 is 11.2 Å². The SMILES string of the molecule is Nn1nncc1CCC1CNC1=O. The second-order valence-corrected chi connectivity index (χ2v) is 3.15. The number of rotatable bonds is 3. The van der Waals surface area contributed by atoms with Crippen LogP contribution in [0.4, 0.5) is 0 Å². The first-order valence-corrected chi connectivity index (χ1v) is 4.20. The molecule has 70 valence electrons. The molecule has 1 aliphatic rings. The number of nitrogen functional groups attached to an aromatic ring is 1. The molecule has 6 nitrogen and oxygen atoms in total.